The number of nitrogens with zero attached hydrogens (tertiary/aromatic N) is 1. The van der Waals surface area contributed by atoms with Crippen molar-refractivity contribution in [2.75, 3.05) is 20.2 Å². The molecule has 0 saturated carbocycles. The fourth-order valence-corrected chi connectivity index (χ4v) is 1.12. The zero-order valence-electron chi connectivity index (χ0n) is 5.46. The average molecular weight is 115 g/mol. The Morgan fingerprint density at radius 1 is 1.75 bits per heavy atom. The van der Waals surface area contributed by atoms with Crippen LogP contribution in [0.5, 0.6) is 0 Å². The molecule has 0 spiro atoms. The molecule has 2 unspecified atom stereocenters. The first-order chi connectivity index (χ1) is 3.75. The first-order valence-corrected chi connectivity index (χ1v) is 3.07. The Morgan fingerprint density at radius 3 is 2.50 bits per heavy atom. The van der Waals surface area contributed by atoms with E-state index in [9.17, 15) is 0 Å². The van der Waals surface area contributed by atoms with Gasteiger partial charge in [0.1, 0.15) is 0 Å². The molecule has 1 aliphatic rings. The van der Waals surface area contributed by atoms with Crippen molar-refractivity contribution in [3.8, 4) is 0 Å². The van der Waals surface area contributed by atoms with Crippen molar-refractivity contribution in [2.24, 2.45) is 5.92 Å². The quantitative estimate of drug-likeness (QED) is 0.517. The molecule has 0 aromatic carbocycles. The second kappa shape index (κ2) is 2.03. The smallest absolute Gasteiger partial charge is 0.0486 e. The summed E-state index contributed by atoms with van der Waals surface area (Å²) in [5, 5.41) is 8.65. The molecule has 2 heteroatoms. The van der Waals surface area contributed by atoms with Crippen molar-refractivity contribution in [1.82, 2.24) is 4.90 Å². The molecule has 0 bridgehead atoms. The van der Waals surface area contributed by atoms with Gasteiger partial charge >= 0.3 is 0 Å². The summed E-state index contributed by atoms with van der Waals surface area (Å²) < 4.78 is 0. The molecule has 1 aliphatic heterocycles. The van der Waals surface area contributed by atoms with E-state index >= 15 is 0 Å². The summed E-state index contributed by atoms with van der Waals surface area (Å²) >= 11 is 0. The largest absolute Gasteiger partial charge is 0.396 e. The van der Waals surface area contributed by atoms with Crippen LogP contribution in [0.2, 0.25) is 0 Å². The van der Waals surface area contributed by atoms with Gasteiger partial charge in [0.05, 0.1) is 0 Å². The number of aliphatic hydroxyl groups excluding tert-OH is 1. The molecule has 2 atom stereocenters. The molecule has 0 aromatic rings. The maximum atomic E-state index is 8.65. The minimum Gasteiger partial charge on any atom is -0.396 e. The van der Waals surface area contributed by atoms with Gasteiger partial charge in [-0.15, -0.1) is 0 Å². The summed E-state index contributed by atoms with van der Waals surface area (Å²) in [6.07, 6.45) is 0. The van der Waals surface area contributed by atoms with Crippen LogP contribution in [0.3, 0.4) is 0 Å². The molecule has 0 aromatic heterocycles. The van der Waals surface area contributed by atoms with Gasteiger partial charge in [-0.3, -0.25) is 0 Å². The first-order valence-electron chi connectivity index (χ1n) is 3.07. The van der Waals surface area contributed by atoms with Crippen LogP contribution in [0.15, 0.2) is 0 Å². The van der Waals surface area contributed by atoms with Gasteiger partial charge in [0.25, 0.3) is 0 Å². The normalized spacial score (nSPS) is 39.4. The Bertz CT molecular complexity index is 84.6. The molecular weight excluding hydrogens is 102 g/mol. The summed E-state index contributed by atoms with van der Waals surface area (Å²) in [5.74, 6) is 0.542. The lowest BCUT2D eigenvalue weighted by atomic mass is 9.92. The Balaban J connectivity index is 2.25. The van der Waals surface area contributed by atoms with Crippen molar-refractivity contribution in [3.05, 3.63) is 0 Å². The van der Waals surface area contributed by atoms with E-state index in [0.717, 1.165) is 6.54 Å². The van der Waals surface area contributed by atoms with E-state index < -0.39 is 0 Å². The predicted molar refractivity (Wildman–Crippen MR) is 32.7 cm³/mol. The zero-order chi connectivity index (χ0) is 6.15. The van der Waals surface area contributed by atoms with Gasteiger partial charge in [-0.1, -0.05) is 0 Å². The van der Waals surface area contributed by atoms with Gasteiger partial charge in [-0.2, -0.15) is 0 Å². The number of aliphatic hydroxyl groups is 1. The van der Waals surface area contributed by atoms with Gasteiger partial charge in [-0.25, -0.2) is 0 Å². The van der Waals surface area contributed by atoms with E-state index in [1.54, 1.807) is 0 Å². The van der Waals surface area contributed by atoms with Crippen molar-refractivity contribution in [1.29, 1.82) is 0 Å². The zero-order valence-corrected chi connectivity index (χ0v) is 5.46. The number of likely N-dealkylation sites (tertiary alicyclic amines) is 1. The van der Waals surface area contributed by atoms with Crippen LogP contribution in [0.25, 0.3) is 0 Å². The molecule has 1 rings (SSSR count). The highest BCUT2D eigenvalue weighted by Crippen LogP contribution is 2.20. The summed E-state index contributed by atoms with van der Waals surface area (Å²) in [5.41, 5.74) is 0. The van der Waals surface area contributed by atoms with E-state index in [-0.39, 0.29) is 0 Å². The van der Waals surface area contributed by atoms with Crippen LogP contribution in [0.4, 0.5) is 0 Å². The molecule has 1 saturated heterocycles. The summed E-state index contributed by atoms with van der Waals surface area (Å²) in [4.78, 5) is 2.24. The van der Waals surface area contributed by atoms with E-state index in [4.69, 9.17) is 5.11 Å². The van der Waals surface area contributed by atoms with E-state index in [0.29, 0.717) is 18.6 Å². The maximum absolute atomic E-state index is 8.65. The molecule has 48 valence electrons. The van der Waals surface area contributed by atoms with E-state index in [2.05, 4.69) is 18.9 Å². The molecule has 2 nitrogen and oxygen atoms in total. The molecule has 0 aliphatic carbocycles. The van der Waals surface area contributed by atoms with Gasteiger partial charge in [0, 0.05) is 25.1 Å². The minimum atomic E-state index is 0.353. The van der Waals surface area contributed by atoms with E-state index in [1.165, 1.54) is 0 Å². The third kappa shape index (κ3) is 0.740. The van der Waals surface area contributed by atoms with Crippen LogP contribution >= 0.6 is 0 Å². The van der Waals surface area contributed by atoms with Crippen LogP contribution in [-0.2, 0) is 0 Å². The first kappa shape index (κ1) is 6.05. The lowest BCUT2D eigenvalue weighted by Crippen LogP contribution is -2.53. The van der Waals surface area contributed by atoms with Crippen LogP contribution in [0.1, 0.15) is 6.92 Å². The Hall–Kier alpha value is -0.0800. The van der Waals surface area contributed by atoms with Crippen molar-refractivity contribution < 1.29 is 5.11 Å². The molecule has 1 N–H and O–H groups in total. The number of rotatable bonds is 1. The van der Waals surface area contributed by atoms with Crippen molar-refractivity contribution in [3.63, 3.8) is 0 Å². The van der Waals surface area contributed by atoms with Crippen LogP contribution < -0.4 is 0 Å². The Morgan fingerprint density at radius 2 is 2.38 bits per heavy atom. The molecule has 0 amide bonds. The third-order valence-electron chi connectivity index (χ3n) is 2.13. The average Bonchev–Trinajstić information content (AvgIpc) is 1.81. The van der Waals surface area contributed by atoms with E-state index in [1.807, 2.05) is 0 Å². The number of hydrogen-bond acceptors (Lipinski definition) is 2. The fraction of sp³-hybridized carbons (Fsp3) is 1.00. The second-order valence-corrected chi connectivity index (χ2v) is 2.62. The van der Waals surface area contributed by atoms with Gasteiger partial charge in [0.15, 0.2) is 0 Å². The lowest BCUT2D eigenvalue weighted by molar-refractivity contribution is 0.0150. The van der Waals surface area contributed by atoms with Gasteiger partial charge < -0.3 is 10.0 Å². The number of hydrogen-bond donors (Lipinski definition) is 1. The molecule has 1 fully saturated rings. The maximum Gasteiger partial charge on any atom is 0.0486 e. The monoisotopic (exact) mass is 115 g/mol. The SMILES string of the molecule is CC1C(CO)CN1C. The molecule has 8 heavy (non-hydrogen) atoms. The topological polar surface area (TPSA) is 23.5 Å². The predicted octanol–water partition coefficient (Wildman–Crippen LogP) is -0.0712. The molecule has 0 radical (unpaired) electrons. The standard InChI is InChI=1S/C6H13NO/c1-5-6(4-8)3-7(5)2/h5-6,8H,3-4H2,1-2H3. The van der Waals surface area contributed by atoms with Gasteiger partial charge in [0.2, 0.25) is 0 Å². The summed E-state index contributed by atoms with van der Waals surface area (Å²) in [6, 6.07) is 0.597. The lowest BCUT2D eigenvalue weighted by Gasteiger charge is -2.42. The Labute approximate surface area is 50.1 Å². The summed E-state index contributed by atoms with van der Waals surface area (Å²) in [7, 11) is 2.08. The van der Waals surface area contributed by atoms with Gasteiger partial charge in [-0.05, 0) is 14.0 Å². The highest BCUT2D eigenvalue weighted by molar-refractivity contribution is 4.85. The second-order valence-electron chi connectivity index (χ2n) is 2.62. The molecular formula is C6H13NO. The van der Waals surface area contributed by atoms with Crippen molar-refractivity contribution in [2.45, 2.75) is 13.0 Å². The third-order valence-corrected chi connectivity index (χ3v) is 2.13. The van der Waals surface area contributed by atoms with Crippen LogP contribution in [0, 0.1) is 5.92 Å². The fourth-order valence-electron chi connectivity index (χ4n) is 1.12. The van der Waals surface area contributed by atoms with Crippen LogP contribution in [-0.4, -0.2) is 36.2 Å². The highest BCUT2D eigenvalue weighted by atomic mass is 16.3. The summed E-state index contributed by atoms with van der Waals surface area (Å²) in [6.45, 7) is 3.56. The van der Waals surface area contributed by atoms with Crippen molar-refractivity contribution >= 4 is 0 Å². The minimum absolute atomic E-state index is 0.353. The molecule has 1 heterocycles. The highest BCUT2D eigenvalue weighted by Gasteiger charge is 2.30. The Kier molecular flexibility index (Phi) is 1.54.